The second-order valence-electron chi connectivity index (χ2n) is 4.55. The molecule has 0 spiro atoms. The van der Waals surface area contributed by atoms with E-state index in [9.17, 15) is 4.79 Å². The third-order valence-electron chi connectivity index (χ3n) is 2.89. The van der Waals surface area contributed by atoms with Crippen LogP contribution in [0.1, 0.15) is 16.7 Å². The van der Waals surface area contributed by atoms with Crippen LogP contribution in [0, 0.1) is 11.8 Å². The molecule has 3 nitrogen and oxygen atoms in total. The molecule has 0 atom stereocenters. The molecule has 1 N–H and O–H groups in total. The van der Waals surface area contributed by atoms with Crippen molar-refractivity contribution in [2.24, 2.45) is 0 Å². The monoisotopic (exact) mass is 291 g/mol. The Kier molecular flexibility index (Phi) is 5.83. The molecule has 0 radical (unpaired) electrons. The van der Waals surface area contributed by atoms with E-state index in [1.807, 2.05) is 54.6 Å². The van der Waals surface area contributed by atoms with Crippen molar-refractivity contribution in [1.29, 1.82) is 0 Å². The molecule has 0 aliphatic rings. The Labute approximate surface area is 130 Å². The zero-order chi connectivity index (χ0) is 15.6. The van der Waals surface area contributed by atoms with E-state index < -0.39 is 6.09 Å². The van der Waals surface area contributed by atoms with Crippen molar-refractivity contribution in [2.45, 2.75) is 6.61 Å². The van der Waals surface area contributed by atoms with Gasteiger partial charge in [0.1, 0.15) is 6.61 Å². The summed E-state index contributed by atoms with van der Waals surface area (Å²) in [5, 5.41) is 2.60. The van der Waals surface area contributed by atoms with Crippen LogP contribution in [0.25, 0.3) is 6.08 Å². The molecule has 0 aliphatic heterocycles. The number of rotatable bonds is 4. The number of benzene rings is 2. The van der Waals surface area contributed by atoms with Gasteiger partial charge in [0.15, 0.2) is 0 Å². The molecule has 0 aliphatic carbocycles. The van der Waals surface area contributed by atoms with Crippen molar-refractivity contribution >= 4 is 12.2 Å². The van der Waals surface area contributed by atoms with Crippen LogP contribution in [0.15, 0.2) is 61.2 Å². The largest absolute Gasteiger partial charge is 0.445 e. The molecule has 2 aromatic carbocycles. The molecular formula is C19H17NO2. The van der Waals surface area contributed by atoms with Crippen molar-refractivity contribution < 1.29 is 9.53 Å². The van der Waals surface area contributed by atoms with Crippen molar-refractivity contribution in [2.75, 3.05) is 6.54 Å². The standard InChI is InChI=1S/C19H17NO2/c1-2-16-10-6-11-17(14-16)12-7-13-20-19(21)22-15-18-8-4-3-5-9-18/h2-6,8-11,14H,1,13,15H2,(H,20,21). The van der Waals surface area contributed by atoms with E-state index in [1.165, 1.54) is 0 Å². The first-order valence-electron chi connectivity index (χ1n) is 6.94. The van der Waals surface area contributed by atoms with E-state index in [0.717, 1.165) is 16.7 Å². The van der Waals surface area contributed by atoms with Gasteiger partial charge >= 0.3 is 6.09 Å². The summed E-state index contributed by atoms with van der Waals surface area (Å²) in [7, 11) is 0. The highest BCUT2D eigenvalue weighted by molar-refractivity contribution is 5.67. The molecule has 0 bridgehead atoms. The lowest BCUT2D eigenvalue weighted by Gasteiger charge is -2.04. The van der Waals surface area contributed by atoms with Gasteiger partial charge in [0.05, 0.1) is 6.54 Å². The maximum Gasteiger partial charge on any atom is 0.408 e. The molecule has 0 saturated carbocycles. The van der Waals surface area contributed by atoms with Crippen LogP contribution in [0.3, 0.4) is 0 Å². The van der Waals surface area contributed by atoms with Gasteiger partial charge < -0.3 is 10.1 Å². The summed E-state index contributed by atoms with van der Waals surface area (Å²) < 4.78 is 5.09. The summed E-state index contributed by atoms with van der Waals surface area (Å²) in [6.45, 7) is 4.21. The van der Waals surface area contributed by atoms with Crippen LogP contribution in [-0.2, 0) is 11.3 Å². The highest BCUT2D eigenvalue weighted by Crippen LogP contribution is 2.04. The lowest BCUT2D eigenvalue weighted by molar-refractivity contribution is 0.141. The molecule has 2 rings (SSSR count). The van der Waals surface area contributed by atoms with E-state index in [0.29, 0.717) is 0 Å². The van der Waals surface area contributed by atoms with Gasteiger partial charge in [0.25, 0.3) is 0 Å². The fourth-order valence-electron chi connectivity index (χ4n) is 1.78. The van der Waals surface area contributed by atoms with Crippen LogP contribution in [-0.4, -0.2) is 12.6 Å². The molecule has 0 aromatic heterocycles. The number of nitrogens with one attached hydrogen (secondary N) is 1. The molecule has 0 heterocycles. The minimum absolute atomic E-state index is 0.242. The van der Waals surface area contributed by atoms with E-state index in [4.69, 9.17) is 4.74 Å². The van der Waals surface area contributed by atoms with Gasteiger partial charge in [-0.25, -0.2) is 4.79 Å². The number of alkyl carbamates (subject to hydrolysis) is 1. The second kappa shape index (κ2) is 8.33. The van der Waals surface area contributed by atoms with Gasteiger partial charge in [-0.2, -0.15) is 0 Å². The fraction of sp³-hybridized carbons (Fsp3) is 0.105. The van der Waals surface area contributed by atoms with Gasteiger partial charge in [0.2, 0.25) is 0 Å². The minimum atomic E-state index is -0.474. The molecule has 3 heteroatoms. The Morgan fingerprint density at radius 2 is 2.00 bits per heavy atom. The first-order chi connectivity index (χ1) is 10.8. The third-order valence-corrected chi connectivity index (χ3v) is 2.89. The van der Waals surface area contributed by atoms with Crippen molar-refractivity contribution in [3.8, 4) is 11.8 Å². The normalized spacial score (nSPS) is 9.27. The van der Waals surface area contributed by atoms with Gasteiger partial charge in [-0.1, -0.05) is 67.0 Å². The molecule has 0 fully saturated rings. The van der Waals surface area contributed by atoms with E-state index in [2.05, 4.69) is 23.7 Å². The van der Waals surface area contributed by atoms with Gasteiger partial charge in [-0.15, -0.1) is 0 Å². The summed E-state index contributed by atoms with van der Waals surface area (Å²) in [6, 6.07) is 17.3. The topological polar surface area (TPSA) is 38.3 Å². The van der Waals surface area contributed by atoms with E-state index >= 15 is 0 Å². The molecule has 22 heavy (non-hydrogen) atoms. The first-order valence-corrected chi connectivity index (χ1v) is 6.94. The number of ether oxygens (including phenoxy) is 1. The zero-order valence-electron chi connectivity index (χ0n) is 12.2. The van der Waals surface area contributed by atoms with E-state index in [1.54, 1.807) is 6.08 Å². The highest BCUT2D eigenvalue weighted by atomic mass is 16.5. The number of hydrogen-bond donors (Lipinski definition) is 1. The van der Waals surface area contributed by atoms with Crippen LogP contribution >= 0.6 is 0 Å². The average Bonchev–Trinajstić information content (AvgIpc) is 2.58. The summed E-state index contributed by atoms with van der Waals surface area (Å²) in [4.78, 5) is 11.5. The summed E-state index contributed by atoms with van der Waals surface area (Å²) in [5.41, 5.74) is 2.85. The average molecular weight is 291 g/mol. The number of carbonyl (C=O) groups is 1. The van der Waals surface area contributed by atoms with Crippen LogP contribution < -0.4 is 5.32 Å². The summed E-state index contributed by atoms with van der Waals surface area (Å²) in [6.07, 6.45) is 1.29. The first kappa shape index (κ1) is 15.4. The minimum Gasteiger partial charge on any atom is -0.445 e. The zero-order valence-corrected chi connectivity index (χ0v) is 12.2. The SMILES string of the molecule is C=Cc1cccc(C#CCNC(=O)OCc2ccccc2)c1. The van der Waals surface area contributed by atoms with E-state index in [-0.39, 0.29) is 13.2 Å². The van der Waals surface area contributed by atoms with Crippen LogP contribution in [0.4, 0.5) is 4.79 Å². The third kappa shape index (κ3) is 5.18. The quantitative estimate of drug-likeness (QED) is 0.874. The predicted molar refractivity (Wildman–Crippen MR) is 88.0 cm³/mol. The van der Waals surface area contributed by atoms with Crippen molar-refractivity contribution in [3.63, 3.8) is 0 Å². The summed E-state index contributed by atoms with van der Waals surface area (Å²) >= 11 is 0. The molecule has 0 saturated heterocycles. The van der Waals surface area contributed by atoms with Gasteiger partial charge in [0, 0.05) is 5.56 Å². The highest BCUT2D eigenvalue weighted by Gasteiger charge is 2.00. The Morgan fingerprint density at radius 1 is 1.18 bits per heavy atom. The van der Waals surface area contributed by atoms with Crippen molar-refractivity contribution in [1.82, 2.24) is 5.32 Å². The lowest BCUT2D eigenvalue weighted by Crippen LogP contribution is -2.24. The molecular weight excluding hydrogens is 274 g/mol. The van der Waals surface area contributed by atoms with Gasteiger partial charge in [-0.05, 0) is 23.3 Å². The maximum atomic E-state index is 11.5. The number of amides is 1. The Balaban J connectivity index is 1.75. The lowest BCUT2D eigenvalue weighted by atomic mass is 10.1. The molecule has 0 unspecified atom stereocenters. The molecule has 2 aromatic rings. The second-order valence-corrected chi connectivity index (χ2v) is 4.55. The number of hydrogen-bond acceptors (Lipinski definition) is 2. The van der Waals surface area contributed by atoms with Crippen LogP contribution in [0.2, 0.25) is 0 Å². The molecule has 110 valence electrons. The number of carbonyl (C=O) groups excluding carboxylic acids is 1. The molecule has 1 amide bonds. The smallest absolute Gasteiger partial charge is 0.408 e. The maximum absolute atomic E-state index is 11.5. The predicted octanol–water partition coefficient (Wildman–Crippen LogP) is 3.61. The fourth-order valence-corrected chi connectivity index (χ4v) is 1.78. The summed E-state index contributed by atoms with van der Waals surface area (Å²) in [5.74, 6) is 5.87. The van der Waals surface area contributed by atoms with Crippen LogP contribution in [0.5, 0.6) is 0 Å². The Hall–Kier alpha value is -2.99. The van der Waals surface area contributed by atoms with Gasteiger partial charge in [-0.3, -0.25) is 0 Å². The van der Waals surface area contributed by atoms with Crippen molar-refractivity contribution in [3.05, 3.63) is 77.9 Å². The Bertz CT molecular complexity index is 696. The Morgan fingerprint density at radius 3 is 2.77 bits per heavy atom.